The van der Waals surface area contributed by atoms with Gasteiger partial charge in [-0.05, 0) is 12.3 Å². The Morgan fingerprint density at radius 1 is 0.875 bits per heavy atom. The van der Waals surface area contributed by atoms with Crippen molar-refractivity contribution in [3.05, 3.63) is 0 Å². The van der Waals surface area contributed by atoms with Crippen LogP contribution in [-0.4, -0.2) is 23.9 Å². The molecule has 16 heavy (non-hydrogen) atoms. The molecule has 0 aromatic rings. The Morgan fingerprint density at radius 3 is 2.31 bits per heavy atom. The number of carbonyl (C=O) groups excluding carboxylic acids is 4. The highest BCUT2D eigenvalue weighted by molar-refractivity contribution is 5.99. The van der Waals surface area contributed by atoms with Gasteiger partial charge in [-0.2, -0.15) is 0 Å². The minimum Gasteiger partial charge on any atom is -0.393 e. The fourth-order valence-electron chi connectivity index (χ4n) is 2.93. The molecular weight excluding hydrogens is 216 g/mol. The second-order valence-electron chi connectivity index (χ2n) is 4.38. The fourth-order valence-corrected chi connectivity index (χ4v) is 2.93. The Hall–Kier alpha value is -1.72. The zero-order valence-electron chi connectivity index (χ0n) is 8.17. The topological polar surface area (TPSA) is 86.7 Å². The van der Waals surface area contributed by atoms with Crippen molar-refractivity contribution in [2.75, 3.05) is 0 Å². The Kier molecular flexibility index (Phi) is 1.72. The quantitative estimate of drug-likeness (QED) is 0.404. The molecule has 0 amide bonds. The summed E-state index contributed by atoms with van der Waals surface area (Å²) in [6, 6.07) is 0. The molecule has 2 bridgehead atoms. The summed E-state index contributed by atoms with van der Waals surface area (Å²) in [5, 5.41) is 0. The number of hydrogen-bond donors (Lipinski definition) is 0. The number of cyclic esters (lactones) is 4. The van der Waals surface area contributed by atoms with Crippen LogP contribution in [0.3, 0.4) is 0 Å². The van der Waals surface area contributed by atoms with E-state index in [1.165, 1.54) is 0 Å². The summed E-state index contributed by atoms with van der Waals surface area (Å²) in [5.74, 6) is -4.83. The van der Waals surface area contributed by atoms with Gasteiger partial charge in [0.25, 0.3) is 0 Å². The van der Waals surface area contributed by atoms with Gasteiger partial charge >= 0.3 is 23.9 Å². The summed E-state index contributed by atoms with van der Waals surface area (Å²) in [7, 11) is 0. The third kappa shape index (κ3) is 1.07. The number of hydrogen-bond acceptors (Lipinski definition) is 6. The molecular formula is C10H8O6. The maximum atomic E-state index is 11.5. The largest absolute Gasteiger partial charge is 0.393 e. The lowest BCUT2D eigenvalue weighted by Gasteiger charge is -2.24. The number of esters is 4. The van der Waals surface area contributed by atoms with Gasteiger partial charge in [0.1, 0.15) is 0 Å². The van der Waals surface area contributed by atoms with Crippen molar-refractivity contribution in [2.24, 2.45) is 23.7 Å². The molecule has 2 heterocycles. The molecule has 1 saturated carbocycles. The monoisotopic (exact) mass is 224 g/mol. The summed E-state index contributed by atoms with van der Waals surface area (Å²) in [4.78, 5) is 45.5. The van der Waals surface area contributed by atoms with E-state index in [-0.39, 0.29) is 6.42 Å². The summed E-state index contributed by atoms with van der Waals surface area (Å²) in [5.41, 5.74) is 0. The highest BCUT2D eigenvalue weighted by Crippen LogP contribution is 2.49. The number of fused-ring (bicyclic) bond motifs is 5. The Balaban J connectivity index is 2.02. The normalized spacial score (nSPS) is 41.5. The van der Waals surface area contributed by atoms with Crippen LogP contribution in [0.5, 0.6) is 0 Å². The van der Waals surface area contributed by atoms with E-state index in [2.05, 4.69) is 9.47 Å². The molecule has 2 aliphatic heterocycles. The van der Waals surface area contributed by atoms with E-state index in [0.717, 1.165) is 0 Å². The van der Waals surface area contributed by atoms with Crippen LogP contribution >= 0.6 is 0 Å². The third-order valence-corrected chi connectivity index (χ3v) is 3.62. The van der Waals surface area contributed by atoms with Crippen LogP contribution in [-0.2, 0) is 28.7 Å². The van der Waals surface area contributed by atoms with Crippen LogP contribution in [0.2, 0.25) is 0 Å². The van der Waals surface area contributed by atoms with Gasteiger partial charge in [0, 0.05) is 0 Å². The maximum Gasteiger partial charge on any atom is 0.317 e. The van der Waals surface area contributed by atoms with E-state index in [9.17, 15) is 19.2 Å². The first-order valence-corrected chi connectivity index (χ1v) is 5.08. The van der Waals surface area contributed by atoms with Crippen molar-refractivity contribution in [3.63, 3.8) is 0 Å². The zero-order valence-corrected chi connectivity index (χ0v) is 8.17. The van der Waals surface area contributed by atoms with E-state index < -0.39 is 47.5 Å². The molecule has 6 nitrogen and oxygen atoms in total. The molecule has 0 spiro atoms. The van der Waals surface area contributed by atoms with Gasteiger partial charge in [0.2, 0.25) is 0 Å². The SMILES string of the molecule is O=C1C[C@H]2[C@@H](C(=O)O1)[C@@H]1C[C@@H]2C(=O)OC1=O. The highest BCUT2D eigenvalue weighted by atomic mass is 16.6. The molecule has 0 aromatic carbocycles. The molecule has 3 fully saturated rings. The lowest BCUT2D eigenvalue weighted by Crippen LogP contribution is -2.37. The molecule has 0 radical (unpaired) electrons. The van der Waals surface area contributed by atoms with Crippen molar-refractivity contribution in [2.45, 2.75) is 12.8 Å². The van der Waals surface area contributed by atoms with Crippen LogP contribution in [0.15, 0.2) is 0 Å². The summed E-state index contributed by atoms with van der Waals surface area (Å²) in [6.45, 7) is 0. The van der Waals surface area contributed by atoms with Crippen LogP contribution in [0.25, 0.3) is 0 Å². The highest BCUT2D eigenvalue weighted by Gasteiger charge is 2.60. The Morgan fingerprint density at radius 2 is 1.56 bits per heavy atom. The lowest BCUT2D eigenvalue weighted by atomic mass is 9.83. The smallest absolute Gasteiger partial charge is 0.317 e. The molecule has 2 saturated heterocycles. The number of rotatable bonds is 0. The van der Waals surface area contributed by atoms with E-state index in [1.54, 1.807) is 0 Å². The average molecular weight is 224 g/mol. The molecule has 0 unspecified atom stereocenters. The number of carbonyl (C=O) groups is 4. The molecule has 0 N–H and O–H groups in total. The van der Waals surface area contributed by atoms with Gasteiger partial charge in [0.15, 0.2) is 0 Å². The van der Waals surface area contributed by atoms with Crippen molar-refractivity contribution >= 4 is 23.9 Å². The van der Waals surface area contributed by atoms with Crippen molar-refractivity contribution in [3.8, 4) is 0 Å². The second-order valence-corrected chi connectivity index (χ2v) is 4.38. The van der Waals surface area contributed by atoms with E-state index in [1.807, 2.05) is 0 Å². The van der Waals surface area contributed by atoms with Gasteiger partial charge in [0.05, 0.1) is 24.2 Å². The standard InChI is InChI=1S/C10H8O6/c11-6-2-3-4-1-5(7(3)10(14)15-6)9(13)16-8(4)12/h3-5,7H,1-2H2/t3-,4+,5+,7-/m1/s1. The minimum atomic E-state index is -0.694. The predicted octanol–water partition coefficient (Wildman–Crippen LogP) is -0.588. The lowest BCUT2D eigenvalue weighted by molar-refractivity contribution is -0.174. The number of ether oxygens (including phenoxy) is 2. The van der Waals surface area contributed by atoms with Gasteiger partial charge in [-0.3, -0.25) is 19.2 Å². The first kappa shape index (κ1) is 9.50. The van der Waals surface area contributed by atoms with Crippen molar-refractivity contribution in [1.82, 2.24) is 0 Å². The Bertz CT molecular complexity index is 425. The maximum absolute atomic E-state index is 11.5. The summed E-state index contributed by atoms with van der Waals surface area (Å²) in [6.07, 6.45) is 0.315. The molecule has 6 heteroatoms. The van der Waals surface area contributed by atoms with Gasteiger partial charge in [-0.15, -0.1) is 0 Å². The van der Waals surface area contributed by atoms with Crippen molar-refractivity contribution in [1.29, 1.82) is 0 Å². The van der Waals surface area contributed by atoms with Gasteiger partial charge in [-0.25, -0.2) is 0 Å². The third-order valence-electron chi connectivity index (χ3n) is 3.62. The molecule has 3 aliphatic rings. The first-order valence-electron chi connectivity index (χ1n) is 5.08. The molecule has 3 rings (SSSR count). The molecule has 0 aromatic heterocycles. The van der Waals surface area contributed by atoms with Crippen LogP contribution in [0.1, 0.15) is 12.8 Å². The predicted molar refractivity (Wildman–Crippen MR) is 45.4 cm³/mol. The van der Waals surface area contributed by atoms with Gasteiger partial charge < -0.3 is 9.47 Å². The Labute approximate surface area is 89.9 Å². The average Bonchev–Trinajstić information content (AvgIpc) is 2.52. The van der Waals surface area contributed by atoms with E-state index >= 15 is 0 Å². The van der Waals surface area contributed by atoms with Crippen molar-refractivity contribution < 1.29 is 28.7 Å². The molecule has 84 valence electrons. The fraction of sp³-hybridized carbons (Fsp3) is 0.600. The molecule has 4 atom stereocenters. The van der Waals surface area contributed by atoms with E-state index in [4.69, 9.17) is 0 Å². The summed E-state index contributed by atoms with van der Waals surface area (Å²) < 4.78 is 9.05. The zero-order chi connectivity index (χ0) is 11.4. The second kappa shape index (κ2) is 2.90. The minimum absolute atomic E-state index is 0.0138. The van der Waals surface area contributed by atoms with Gasteiger partial charge in [-0.1, -0.05) is 0 Å². The van der Waals surface area contributed by atoms with E-state index in [0.29, 0.717) is 6.42 Å². The molecule has 1 aliphatic carbocycles. The van der Waals surface area contributed by atoms with Crippen LogP contribution in [0.4, 0.5) is 0 Å². The van der Waals surface area contributed by atoms with Crippen LogP contribution in [0, 0.1) is 23.7 Å². The van der Waals surface area contributed by atoms with Crippen LogP contribution < -0.4 is 0 Å². The first-order chi connectivity index (χ1) is 7.58. The summed E-state index contributed by atoms with van der Waals surface area (Å²) >= 11 is 0.